The lowest BCUT2D eigenvalue weighted by atomic mass is 10.3. The molecular formula is C5H8N4O2. The van der Waals surface area contributed by atoms with Crippen molar-refractivity contribution in [1.29, 1.82) is 0 Å². The summed E-state index contributed by atoms with van der Waals surface area (Å²) in [5, 5.41) is 15.5. The summed E-state index contributed by atoms with van der Waals surface area (Å²) < 4.78 is 1.37. The molecule has 0 fully saturated rings. The smallest absolute Gasteiger partial charge is 0.322 e. The van der Waals surface area contributed by atoms with E-state index in [4.69, 9.17) is 10.8 Å². The van der Waals surface area contributed by atoms with Gasteiger partial charge < -0.3 is 10.8 Å². The van der Waals surface area contributed by atoms with Crippen molar-refractivity contribution in [1.82, 2.24) is 15.0 Å². The first-order valence-electron chi connectivity index (χ1n) is 3.02. The molecule has 1 aromatic rings. The van der Waals surface area contributed by atoms with Gasteiger partial charge in [-0.25, -0.2) is 0 Å². The third-order valence-corrected chi connectivity index (χ3v) is 1.17. The van der Waals surface area contributed by atoms with Gasteiger partial charge in [-0.05, 0) is 0 Å². The number of aromatic nitrogens is 3. The molecule has 0 saturated carbocycles. The number of carboxylic acid groups (broad SMARTS) is 1. The third-order valence-electron chi connectivity index (χ3n) is 1.17. The zero-order valence-electron chi connectivity index (χ0n) is 5.71. The third kappa shape index (κ3) is 2.01. The molecule has 0 saturated heterocycles. The molecule has 6 nitrogen and oxygen atoms in total. The topological polar surface area (TPSA) is 94.0 Å². The molecule has 1 atom stereocenters. The second-order valence-corrected chi connectivity index (χ2v) is 2.07. The van der Waals surface area contributed by atoms with Gasteiger partial charge in [0.1, 0.15) is 6.04 Å². The average Bonchev–Trinajstić information content (AvgIpc) is 2.39. The van der Waals surface area contributed by atoms with E-state index in [1.165, 1.54) is 10.9 Å². The van der Waals surface area contributed by atoms with E-state index in [1.54, 1.807) is 6.20 Å². The summed E-state index contributed by atoms with van der Waals surface area (Å²) in [5.74, 6) is -1.04. The molecule has 6 heteroatoms. The van der Waals surface area contributed by atoms with E-state index in [1.807, 2.05) is 0 Å². The van der Waals surface area contributed by atoms with Crippen molar-refractivity contribution in [3.63, 3.8) is 0 Å². The van der Waals surface area contributed by atoms with E-state index in [-0.39, 0.29) is 6.54 Å². The van der Waals surface area contributed by atoms with Gasteiger partial charge >= 0.3 is 5.97 Å². The van der Waals surface area contributed by atoms with Gasteiger partial charge in [0.2, 0.25) is 0 Å². The predicted molar refractivity (Wildman–Crippen MR) is 35.6 cm³/mol. The second kappa shape index (κ2) is 3.11. The van der Waals surface area contributed by atoms with Gasteiger partial charge in [0, 0.05) is 6.20 Å². The van der Waals surface area contributed by atoms with Gasteiger partial charge in [0.05, 0.1) is 12.7 Å². The number of carboxylic acids is 1. The molecule has 0 spiro atoms. The molecule has 60 valence electrons. The standard InChI is InChI=1S/C5H8N4O2/c6-4(5(10)11)3-9-2-1-7-8-9/h1-2,4H,3,6H2,(H,10,11)/t4-/m1/s1. The minimum Gasteiger partial charge on any atom is -0.480 e. The Morgan fingerprint density at radius 1 is 1.82 bits per heavy atom. The van der Waals surface area contributed by atoms with Gasteiger partial charge in [0.25, 0.3) is 0 Å². The van der Waals surface area contributed by atoms with Crippen molar-refractivity contribution in [2.45, 2.75) is 12.6 Å². The first-order valence-corrected chi connectivity index (χ1v) is 3.02. The van der Waals surface area contributed by atoms with Crippen LogP contribution in [0.5, 0.6) is 0 Å². The number of hydrogen-bond donors (Lipinski definition) is 2. The van der Waals surface area contributed by atoms with Crippen LogP contribution in [0.3, 0.4) is 0 Å². The fraction of sp³-hybridized carbons (Fsp3) is 0.400. The Bertz CT molecular complexity index is 233. The molecule has 3 N–H and O–H groups in total. The van der Waals surface area contributed by atoms with Crippen LogP contribution in [-0.2, 0) is 11.3 Å². The maximum Gasteiger partial charge on any atom is 0.322 e. The number of aliphatic carboxylic acids is 1. The Hall–Kier alpha value is -1.43. The molecule has 0 bridgehead atoms. The molecule has 1 heterocycles. The fourth-order valence-corrected chi connectivity index (χ4v) is 0.610. The van der Waals surface area contributed by atoms with Gasteiger partial charge in [-0.3, -0.25) is 9.48 Å². The highest BCUT2D eigenvalue weighted by molar-refractivity contribution is 5.72. The van der Waals surface area contributed by atoms with Crippen LogP contribution < -0.4 is 5.73 Å². The Morgan fingerprint density at radius 2 is 2.55 bits per heavy atom. The largest absolute Gasteiger partial charge is 0.480 e. The summed E-state index contributed by atoms with van der Waals surface area (Å²) in [6, 6.07) is -0.920. The molecule has 1 rings (SSSR count). The molecule has 0 aliphatic rings. The lowest BCUT2D eigenvalue weighted by Crippen LogP contribution is -2.34. The Morgan fingerprint density at radius 3 is 3.00 bits per heavy atom. The molecule has 11 heavy (non-hydrogen) atoms. The highest BCUT2D eigenvalue weighted by Crippen LogP contribution is 1.85. The molecule has 1 aromatic heterocycles. The van der Waals surface area contributed by atoms with Crippen LogP contribution in [0.1, 0.15) is 0 Å². The molecule has 0 unspecified atom stereocenters. The van der Waals surface area contributed by atoms with Crippen LogP contribution in [-0.4, -0.2) is 32.1 Å². The number of nitrogens with two attached hydrogens (primary N) is 1. The van der Waals surface area contributed by atoms with Crippen molar-refractivity contribution in [3.05, 3.63) is 12.4 Å². The number of rotatable bonds is 3. The summed E-state index contributed by atoms with van der Waals surface area (Å²) in [5.41, 5.74) is 5.22. The van der Waals surface area contributed by atoms with E-state index < -0.39 is 12.0 Å². The van der Waals surface area contributed by atoms with Gasteiger partial charge in [-0.15, -0.1) is 5.10 Å². The number of carbonyl (C=O) groups is 1. The first-order chi connectivity index (χ1) is 5.20. The van der Waals surface area contributed by atoms with Crippen LogP contribution in [0.4, 0.5) is 0 Å². The zero-order chi connectivity index (χ0) is 8.27. The Labute approximate surface area is 62.6 Å². The minimum atomic E-state index is -1.04. The zero-order valence-corrected chi connectivity index (χ0v) is 5.71. The maximum absolute atomic E-state index is 10.2. The minimum absolute atomic E-state index is 0.148. The molecule has 0 amide bonds. The summed E-state index contributed by atoms with van der Waals surface area (Å²) in [4.78, 5) is 10.2. The van der Waals surface area contributed by atoms with E-state index in [2.05, 4.69) is 10.3 Å². The highest BCUT2D eigenvalue weighted by Gasteiger charge is 2.11. The summed E-state index contributed by atoms with van der Waals surface area (Å²) in [6.07, 6.45) is 3.03. The first kappa shape index (κ1) is 7.67. The highest BCUT2D eigenvalue weighted by atomic mass is 16.4. The number of nitrogens with zero attached hydrogens (tertiary/aromatic N) is 3. The number of hydrogen-bond acceptors (Lipinski definition) is 4. The van der Waals surface area contributed by atoms with Crippen molar-refractivity contribution in [2.24, 2.45) is 5.73 Å². The summed E-state index contributed by atoms with van der Waals surface area (Å²) in [6.45, 7) is 0.148. The molecule has 0 aliphatic carbocycles. The van der Waals surface area contributed by atoms with Crippen LogP contribution in [0, 0.1) is 0 Å². The second-order valence-electron chi connectivity index (χ2n) is 2.07. The quantitative estimate of drug-likeness (QED) is 0.566. The Balaban J connectivity index is 2.50. The van der Waals surface area contributed by atoms with Gasteiger partial charge in [-0.1, -0.05) is 5.21 Å². The van der Waals surface area contributed by atoms with E-state index >= 15 is 0 Å². The van der Waals surface area contributed by atoms with Crippen molar-refractivity contribution < 1.29 is 9.90 Å². The molecule has 0 radical (unpaired) electrons. The monoisotopic (exact) mass is 156 g/mol. The van der Waals surface area contributed by atoms with Crippen LogP contribution in [0.2, 0.25) is 0 Å². The SMILES string of the molecule is N[C@H](Cn1ccnn1)C(=O)O. The predicted octanol–water partition coefficient (Wildman–Crippen LogP) is -1.31. The summed E-state index contributed by atoms with van der Waals surface area (Å²) >= 11 is 0. The molecular weight excluding hydrogens is 148 g/mol. The normalized spacial score (nSPS) is 12.8. The van der Waals surface area contributed by atoms with E-state index in [0.29, 0.717) is 0 Å². The van der Waals surface area contributed by atoms with Gasteiger partial charge in [0.15, 0.2) is 0 Å². The van der Waals surface area contributed by atoms with Crippen molar-refractivity contribution in [3.8, 4) is 0 Å². The fourth-order valence-electron chi connectivity index (χ4n) is 0.610. The van der Waals surface area contributed by atoms with Crippen LogP contribution in [0.25, 0.3) is 0 Å². The van der Waals surface area contributed by atoms with E-state index in [0.717, 1.165) is 0 Å². The Kier molecular flexibility index (Phi) is 2.17. The average molecular weight is 156 g/mol. The van der Waals surface area contributed by atoms with Crippen LogP contribution in [0.15, 0.2) is 12.4 Å². The lowest BCUT2D eigenvalue weighted by Gasteiger charge is -2.03. The van der Waals surface area contributed by atoms with E-state index in [9.17, 15) is 4.79 Å². The van der Waals surface area contributed by atoms with Crippen LogP contribution >= 0.6 is 0 Å². The maximum atomic E-state index is 10.2. The molecule has 0 aromatic carbocycles. The van der Waals surface area contributed by atoms with Crippen molar-refractivity contribution in [2.75, 3.05) is 0 Å². The van der Waals surface area contributed by atoms with Crippen molar-refractivity contribution >= 4 is 5.97 Å². The summed E-state index contributed by atoms with van der Waals surface area (Å²) in [7, 11) is 0. The lowest BCUT2D eigenvalue weighted by molar-refractivity contribution is -0.138. The van der Waals surface area contributed by atoms with Gasteiger partial charge in [-0.2, -0.15) is 0 Å². The molecule has 0 aliphatic heterocycles.